The van der Waals surface area contributed by atoms with E-state index in [1.54, 1.807) is 23.1 Å². The van der Waals surface area contributed by atoms with Gasteiger partial charge in [0.1, 0.15) is 12.2 Å². The van der Waals surface area contributed by atoms with Gasteiger partial charge in [-0.15, -0.1) is 0 Å². The molecule has 9 heteroatoms. The Labute approximate surface area is 204 Å². The number of aliphatic hydroxyl groups is 3. The van der Waals surface area contributed by atoms with Crippen LogP contribution in [0.15, 0.2) is 23.8 Å². The number of carbonyl (C=O) groups is 2. The molecule has 3 aliphatic carbocycles. The van der Waals surface area contributed by atoms with Gasteiger partial charge in [0.2, 0.25) is 11.8 Å². The van der Waals surface area contributed by atoms with Crippen LogP contribution < -0.4 is 14.8 Å². The summed E-state index contributed by atoms with van der Waals surface area (Å²) in [4.78, 5) is 28.5. The monoisotopic (exact) mass is 486 g/mol. The summed E-state index contributed by atoms with van der Waals surface area (Å²) in [7, 11) is 1.50. The van der Waals surface area contributed by atoms with Crippen molar-refractivity contribution in [1.82, 2.24) is 10.2 Å². The molecule has 2 amide bonds. The highest BCUT2D eigenvalue weighted by Crippen LogP contribution is 2.51. The topological polar surface area (TPSA) is 129 Å². The molecule has 2 saturated carbocycles. The van der Waals surface area contributed by atoms with Crippen molar-refractivity contribution >= 4 is 11.8 Å². The number of benzene rings is 1. The molecule has 4 N–H and O–H groups in total. The van der Waals surface area contributed by atoms with E-state index in [2.05, 4.69) is 5.32 Å². The van der Waals surface area contributed by atoms with Crippen LogP contribution in [0.5, 0.6) is 11.5 Å². The van der Waals surface area contributed by atoms with Crippen molar-refractivity contribution in [2.24, 2.45) is 11.8 Å². The molecule has 5 rings (SSSR count). The van der Waals surface area contributed by atoms with E-state index < -0.39 is 24.2 Å². The van der Waals surface area contributed by atoms with Crippen molar-refractivity contribution in [3.05, 3.63) is 34.9 Å². The Hall–Kier alpha value is -2.62. The maximum Gasteiger partial charge on any atom is 0.247 e. The second-order valence-corrected chi connectivity index (χ2v) is 10.1. The Morgan fingerprint density at radius 3 is 2.57 bits per heavy atom. The van der Waals surface area contributed by atoms with E-state index >= 15 is 0 Å². The lowest BCUT2D eigenvalue weighted by Gasteiger charge is -2.43. The third-order valence-corrected chi connectivity index (χ3v) is 7.74. The molecule has 4 unspecified atom stereocenters. The molecule has 0 radical (unpaired) electrons. The first kappa shape index (κ1) is 24.1. The molecule has 1 aromatic rings. The van der Waals surface area contributed by atoms with Crippen molar-refractivity contribution in [3.63, 3.8) is 0 Å². The van der Waals surface area contributed by atoms with Crippen molar-refractivity contribution in [2.75, 3.05) is 26.8 Å². The van der Waals surface area contributed by atoms with Gasteiger partial charge in [0.25, 0.3) is 0 Å². The van der Waals surface area contributed by atoms with E-state index in [0.29, 0.717) is 40.7 Å². The number of methoxy groups -OCH3 is 1. The normalized spacial score (nSPS) is 27.1. The van der Waals surface area contributed by atoms with Crippen LogP contribution in [-0.2, 0) is 16.2 Å². The lowest BCUT2D eigenvalue weighted by atomic mass is 9.76. The van der Waals surface area contributed by atoms with E-state index in [4.69, 9.17) is 9.47 Å². The summed E-state index contributed by atoms with van der Waals surface area (Å²) in [6.45, 7) is 0.221. The van der Waals surface area contributed by atoms with Crippen LogP contribution in [-0.4, -0.2) is 77.1 Å². The van der Waals surface area contributed by atoms with Gasteiger partial charge in [0.05, 0.1) is 32.3 Å². The van der Waals surface area contributed by atoms with Gasteiger partial charge < -0.3 is 35.0 Å². The fraction of sp³-hybridized carbons (Fsp3) is 0.615. The first-order valence-corrected chi connectivity index (χ1v) is 12.5. The average molecular weight is 487 g/mol. The zero-order chi connectivity index (χ0) is 24.7. The van der Waals surface area contributed by atoms with Crippen molar-refractivity contribution in [3.8, 4) is 11.5 Å². The number of hydrogen-bond acceptors (Lipinski definition) is 7. The van der Waals surface area contributed by atoms with Gasteiger partial charge in [-0.2, -0.15) is 0 Å². The molecule has 2 fully saturated rings. The zero-order valence-corrected chi connectivity index (χ0v) is 20.0. The molecule has 9 nitrogen and oxygen atoms in total. The standard InChI is InChI=1S/C26H34N2O7/c1-34-20-10-15(13-30)9-17-21-18(25(32)27-7-8-29)11-19(22(31)24(21)35-23(17)20)28(12-14-5-6-14)26(33)16-3-2-4-16/h9-11,14,16,19,21-22,24,29-31H,2-8,12-13H2,1H3,(H,27,32). The number of rotatable bonds is 9. The number of aliphatic hydroxyl groups excluding tert-OH is 3. The molecule has 1 heterocycles. The first-order chi connectivity index (χ1) is 17.0. The van der Waals surface area contributed by atoms with Gasteiger partial charge in [-0.1, -0.05) is 6.42 Å². The minimum absolute atomic E-state index is 0.0346. The fourth-order valence-corrected chi connectivity index (χ4v) is 5.45. The van der Waals surface area contributed by atoms with E-state index in [1.165, 1.54) is 7.11 Å². The molecule has 4 atom stereocenters. The molecule has 4 aliphatic rings. The minimum atomic E-state index is -1.05. The number of amides is 2. The lowest BCUT2D eigenvalue weighted by Crippen LogP contribution is -2.57. The molecular formula is C26H34N2O7. The lowest BCUT2D eigenvalue weighted by molar-refractivity contribution is -0.144. The summed E-state index contributed by atoms with van der Waals surface area (Å²) in [6, 6.07) is 2.75. The summed E-state index contributed by atoms with van der Waals surface area (Å²) in [5.74, 6) is 0.285. The van der Waals surface area contributed by atoms with Gasteiger partial charge in [-0.05, 0) is 55.4 Å². The predicted molar refractivity (Wildman–Crippen MR) is 126 cm³/mol. The van der Waals surface area contributed by atoms with Crippen LogP contribution in [0.2, 0.25) is 0 Å². The molecule has 0 spiro atoms. The number of carbonyl (C=O) groups excluding carboxylic acids is 2. The SMILES string of the molecule is COc1cc(CO)cc2c1OC1C2C(C(=O)NCCO)=CC(N(CC2CC2)C(=O)C2CCC2)C1O. The number of ether oxygens (including phenoxy) is 2. The van der Waals surface area contributed by atoms with Gasteiger partial charge >= 0.3 is 0 Å². The predicted octanol–water partition coefficient (Wildman–Crippen LogP) is 0.849. The summed E-state index contributed by atoms with van der Waals surface area (Å²) in [5, 5.41) is 33.3. The highest BCUT2D eigenvalue weighted by molar-refractivity contribution is 5.96. The number of nitrogens with one attached hydrogen (secondary N) is 1. The molecule has 0 bridgehead atoms. The molecule has 0 aromatic heterocycles. The summed E-state index contributed by atoms with van der Waals surface area (Å²) < 4.78 is 11.7. The number of nitrogens with zero attached hydrogens (tertiary/aromatic N) is 1. The third kappa shape index (κ3) is 4.41. The van der Waals surface area contributed by atoms with Gasteiger partial charge in [0.15, 0.2) is 11.5 Å². The van der Waals surface area contributed by atoms with Gasteiger partial charge in [0, 0.05) is 30.1 Å². The Morgan fingerprint density at radius 1 is 1.20 bits per heavy atom. The molecule has 1 aromatic carbocycles. The molecule has 35 heavy (non-hydrogen) atoms. The molecule has 190 valence electrons. The largest absolute Gasteiger partial charge is 0.493 e. The second kappa shape index (κ2) is 9.79. The summed E-state index contributed by atoms with van der Waals surface area (Å²) in [5.41, 5.74) is 1.64. The Bertz CT molecular complexity index is 1020. The van der Waals surface area contributed by atoms with Crippen molar-refractivity contribution in [1.29, 1.82) is 0 Å². The van der Waals surface area contributed by atoms with Crippen LogP contribution >= 0.6 is 0 Å². The number of hydrogen-bond donors (Lipinski definition) is 4. The Morgan fingerprint density at radius 2 is 1.97 bits per heavy atom. The van der Waals surface area contributed by atoms with Crippen LogP contribution in [0.1, 0.15) is 49.1 Å². The zero-order valence-electron chi connectivity index (χ0n) is 20.0. The van der Waals surface area contributed by atoms with Crippen molar-refractivity contribution < 1.29 is 34.4 Å². The first-order valence-electron chi connectivity index (χ1n) is 12.5. The van der Waals surface area contributed by atoms with Crippen LogP contribution in [0.25, 0.3) is 0 Å². The Balaban J connectivity index is 1.56. The second-order valence-electron chi connectivity index (χ2n) is 10.1. The molecular weight excluding hydrogens is 452 g/mol. The average Bonchev–Trinajstić information content (AvgIpc) is 3.57. The van der Waals surface area contributed by atoms with E-state index in [9.17, 15) is 24.9 Å². The maximum atomic E-state index is 13.4. The van der Waals surface area contributed by atoms with E-state index in [1.807, 2.05) is 0 Å². The molecule has 0 saturated heterocycles. The highest BCUT2D eigenvalue weighted by Gasteiger charge is 2.52. The van der Waals surface area contributed by atoms with Crippen LogP contribution in [0, 0.1) is 11.8 Å². The minimum Gasteiger partial charge on any atom is -0.493 e. The molecule has 1 aliphatic heterocycles. The van der Waals surface area contributed by atoms with E-state index in [0.717, 1.165) is 32.1 Å². The van der Waals surface area contributed by atoms with Crippen LogP contribution in [0.3, 0.4) is 0 Å². The Kier molecular flexibility index (Phi) is 6.74. The van der Waals surface area contributed by atoms with Gasteiger partial charge in [-0.25, -0.2) is 0 Å². The van der Waals surface area contributed by atoms with Crippen LogP contribution in [0.4, 0.5) is 0 Å². The highest BCUT2D eigenvalue weighted by atomic mass is 16.5. The van der Waals surface area contributed by atoms with Gasteiger partial charge in [-0.3, -0.25) is 9.59 Å². The summed E-state index contributed by atoms with van der Waals surface area (Å²) in [6.07, 6.45) is 4.72. The maximum absolute atomic E-state index is 13.4. The quantitative estimate of drug-likeness (QED) is 0.407. The number of fused-ring (bicyclic) bond motifs is 3. The fourth-order valence-electron chi connectivity index (χ4n) is 5.45. The smallest absolute Gasteiger partial charge is 0.247 e. The third-order valence-electron chi connectivity index (χ3n) is 7.74. The summed E-state index contributed by atoms with van der Waals surface area (Å²) >= 11 is 0. The van der Waals surface area contributed by atoms with Crippen molar-refractivity contribution in [2.45, 2.75) is 62.9 Å². The van der Waals surface area contributed by atoms with E-state index in [-0.39, 0.29) is 37.5 Å².